The van der Waals surface area contributed by atoms with Gasteiger partial charge in [-0.25, -0.2) is 0 Å². The third kappa shape index (κ3) is 17.6. The molecule has 1 aliphatic rings. The van der Waals surface area contributed by atoms with Crippen molar-refractivity contribution in [1.82, 2.24) is 0 Å². The number of phenolic OH excluding ortho intramolecular Hbond substituents is 5. The molecular formula is C75H105N5O5. The van der Waals surface area contributed by atoms with Gasteiger partial charge in [-0.05, 0) is 175 Å². The van der Waals surface area contributed by atoms with Gasteiger partial charge in [0.15, 0.2) is 0 Å². The summed E-state index contributed by atoms with van der Waals surface area (Å²) in [5.74, 6) is -0.641. The summed E-state index contributed by atoms with van der Waals surface area (Å²) >= 11 is 0. The first-order chi connectivity index (χ1) is 38.4. The zero-order valence-corrected chi connectivity index (χ0v) is 56.7. The molecule has 1 heterocycles. The standard InChI is InChI=1S/C75H105N5O5/c1-66(2,3)41-71(16,17)51-26-46-36-77-57-32-53(73(20,21)43-68(7,8)9)28-48(63(57)83)38-79-59-34-55(75(24,25)45-70(13,14)15)30-50(65(59)85)40-80-60-35-54(74(22,23)44-69(10,11)12)29-49(64(60)84)39-78-58-33-52(72(18,19)42-67(4,5)6)27-47(62(58)82)37-76-56(31-51)61(46)81/h26-40,81-85H,41-45H2,1-25H3. The second-order valence-corrected chi connectivity index (χ2v) is 34.1. The van der Waals surface area contributed by atoms with Gasteiger partial charge in [0.05, 0.1) is 0 Å². The third-order valence-corrected chi connectivity index (χ3v) is 16.1. The molecule has 85 heavy (non-hydrogen) atoms. The first-order valence-corrected chi connectivity index (χ1v) is 30.5. The molecule has 0 spiro atoms. The normalized spacial score (nSPS) is 14.4. The summed E-state index contributed by atoms with van der Waals surface area (Å²) in [6.45, 7) is 55.0. The van der Waals surface area contributed by atoms with E-state index >= 15 is 0 Å². The van der Waals surface area contributed by atoms with Gasteiger partial charge in [-0.1, -0.05) is 173 Å². The molecule has 10 nitrogen and oxygen atoms in total. The molecule has 0 saturated heterocycles. The van der Waals surface area contributed by atoms with Crippen LogP contribution in [0.4, 0.5) is 28.4 Å². The Morgan fingerprint density at radius 2 is 0.353 bits per heavy atom. The van der Waals surface area contributed by atoms with Crippen molar-refractivity contribution < 1.29 is 25.5 Å². The zero-order chi connectivity index (χ0) is 64.2. The van der Waals surface area contributed by atoms with Gasteiger partial charge in [0.25, 0.3) is 0 Å². The van der Waals surface area contributed by atoms with Crippen molar-refractivity contribution in [2.75, 3.05) is 0 Å². The average Bonchev–Trinajstić information content (AvgIpc) is 1.75. The van der Waals surface area contributed by atoms with E-state index in [2.05, 4.69) is 173 Å². The maximum Gasteiger partial charge on any atom is 0.149 e. The van der Waals surface area contributed by atoms with Crippen molar-refractivity contribution in [3.8, 4) is 28.7 Å². The van der Waals surface area contributed by atoms with Gasteiger partial charge in [-0.15, -0.1) is 0 Å². The molecule has 1 aliphatic heterocycles. The highest BCUT2D eigenvalue weighted by Crippen LogP contribution is 2.48. The quantitative estimate of drug-likeness (QED) is 0.0921. The second-order valence-electron chi connectivity index (χ2n) is 34.1. The molecule has 0 amide bonds. The van der Waals surface area contributed by atoms with Crippen LogP contribution in [0.15, 0.2) is 85.6 Å². The number of hydrogen-bond acceptors (Lipinski definition) is 10. The van der Waals surface area contributed by atoms with Crippen molar-refractivity contribution in [2.45, 2.75) is 232 Å². The van der Waals surface area contributed by atoms with E-state index < -0.39 is 27.1 Å². The Bertz CT molecular complexity index is 2790. The minimum Gasteiger partial charge on any atom is -0.505 e. The number of phenols is 5. The lowest BCUT2D eigenvalue weighted by molar-refractivity contribution is 0.283. The van der Waals surface area contributed by atoms with Crippen molar-refractivity contribution in [2.24, 2.45) is 52.0 Å². The highest BCUT2D eigenvalue weighted by Gasteiger charge is 2.34. The summed E-state index contributed by atoms with van der Waals surface area (Å²) in [7, 11) is 0. The smallest absolute Gasteiger partial charge is 0.149 e. The van der Waals surface area contributed by atoms with Crippen LogP contribution in [0.2, 0.25) is 0 Å². The van der Waals surface area contributed by atoms with Crippen LogP contribution in [0.5, 0.6) is 28.7 Å². The number of hydrogen-bond donors (Lipinski definition) is 5. The number of aliphatic imine (C=N–C) groups is 5. The highest BCUT2D eigenvalue weighted by atomic mass is 16.3. The molecule has 5 aromatic carbocycles. The van der Waals surface area contributed by atoms with Crippen LogP contribution in [0, 0.1) is 27.1 Å². The summed E-state index contributed by atoms with van der Waals surface area (Å²) in [5.41, 5.74) is 5.63. The summed E-state index contributed by atoms with van der Waals surface area (Å²) in [5, 5.41) is 62.1. The first kappa shape index (κ1) is 67.6. The van der Waals surface area contributed by atoms with Crippen molar-refractivity contribution in [1.29, 1.82) is 0 Å². The molecule has 0 unspecified atom stereocenters. The molecular weight excluding hydrogens is 1050 g/mol. The van der Waals surface area contributed by atoms with Crippen LogP contribution in [0.3, 0.4) is 0 Å². The lowest BCUT2D eigenvalue weighted by Crippen LogP contribution is -2.25. The fourth-order valence-corrected chi connectivity index (χ4v) is 14.0. The van der Waals surface area contributed by atoms with Gasteiger partial charge < -0.3 is 25.5 Å². The van der Waals surface area contributed by atoms with E-state index in [1.807, 2.05) is 60.7 Å². The predicted molar refractivity (Wildman–Crippen MR) is 362 cm³/mol. The van der Waals surface area contributed by atoms with Crippen LogP contribution < -0.4 is 0 Å². The minimum atomic E-state index is -0.399. The lowest BCUT2D eigenvalue weighted by Gasteiger charge is -2.33. The van der Waals surface area contributed by atoms with Gasteiger partial charge >= 0.3 is 0 Å². The Morgan fingerprint density at radius 3 is 0.471 bits per heavy atom. The molecule has 0 atom stereocenters. The summed E-state index contributed by atoms with van der Waals surface area (Å²) in [4.78, 5) is 25.1. The summed E-state index contributed by atoms with van der Waals surface area (Å²) < 4.78 is 0. The second kappa shape index (κ2) is 23.6. The number of benzene rings is 5. The predicted octanol–water partition coefficient (Wildman–Crippen LogP) is 20.9. The Balaban J connectivity index is 1.81. The van der Waals surface area contributed by atoms with E-state index in [9.17, 15) is 25.5 Å². The van der Waals surface area contributed by atoms with E-state index in [4.69, 9.17) is 25.0 Å². The Kier molecular flexibility index (Phi) is 18.8. The van der Waals surface area contributed by atoms with Crippen LogP contribution in [-0.2, 0) is 27.1 Å². The SMILES string of the molecule is CC(C)(C)CC(C)(C)c1cc2c(O)c(c1)N=Cc1cc(C(C)(C)CC(C)(C)C)cc(c1O)N=Cc1cc(C(C)(C)CC(C)(C)C)cc(c1O)N=Cc1cc(C(C)(C)CC(C)(C)C)cc(c1O)N=Cc1cc(C(C)(C)CC(C)(C)C)cc(c1O)N=C2. The van der Waals surface area contributed by atoms with Gasteiger partial charge in [-0.2, -0.15) is 0 Å². The molecule has 10 bridgehead atoms. The van der Waals surface area contributed by atoms with E-state index in [1.165, 1.54) is 0 Å². The molecule has 0 radical (unpaired) electrons. The van der Waals surface area contributed by atoms with Crippen LogP contribution in [0.25, 0.3) is 0 Å². The molecule has 6 rings (SSSR count). The number of aromatic hydroxyl groups is 5. The molecule has 5 N–H and O–H groups in total. The molecule has 5 aromatic rings. The molecule has 460 valence electrons. The maximum absolute atomic E-state index is 12.4. The number of rotatable bonds is 10. The first-order valence-electron chi connectivity index (χ1n) is 30.5. The highest BCUT2D eigenvalue weighted by molar-refractivity contribution is 5.97. The fraction of sp³-hybridized carbons (Fsp3) is 0.533. The lowest BCUT2D eigenvalue weighted by atomic mass is 9.72. The monoisotopic (exact) mass is 1160 g/mol. The average molecular weight is 1160 g/mol. The van der Waals surface area contributed by atoms with Gasteiger partial charge in [0.1, 0.15) is 57.2 Å². The van der Waals surface area contributed by atoms with Crippen LogP contribution in [-0.4, -0.2) is 56.6 Å². The molecule has 10 heteroatoms. The van der Waals surface area contributed by atoms with E-state index in [1.54, 1.807) is 31.1 Å². The number of nitrogens with zero attached hydrogens (tertiary/aromatic N) is 5. The molecule has 0 aliphatic carbocycles. The van der Waals surface area contributed by atoms with E-state index in [-0.39, 0.29) is 84.3 Å². The van der Waals surface area contributed by atoms with Crippen molar-refractivity contribution >= 4 is 59.5 Å². The number of fused-ring (bicyclic) bond motifs is 10. The summed E-state index contributed by atoms with van der Waals surface area (Å²) in [6, 6.07) is 19.3. The Labute approximate surface area is 512 Å². The molecule has 0 aromatic heterocycles. The van der Waals surface area contributed by atoms with E-state index in [0.717, 1.165) is 59.9 Å². The van der Waals surface area contributed by atoms with Crippen molar-refractivity contribution in [3.05, 3.63) is 116 Å². The summed E-state index contributed by atoms with van der Waals surface area (Å²) in [6.07, 6.45) is 12.0. The fourth-order valence-electron chi connectivity index (χ4n) is 14.0. The van der Waals surface area contributed by atoms with Gasteiger partial charge in [0.2, 0.25) is 0 Å². The van der Waals surface area contributed by atoms with Crippen LogP contribution in [0.1, 0.15) is 261 Å². The van der Waals surface area contributed by atoms with Crippen molar-refractivity contribution in [3.63, 3.8) is 0 Å². The van der Waals surface area contributed by atoms with Gasteiger partial charge in [0, 0.05) is 58.9 Å². The Hall–Kier alpha value is -6.55. The topological polar surface area (TPSA) is 163 Å². The van der Waals surface area contributed by atoms with Crippen LogP contribution >= 0.6 is 0 Å². The molecule has 0 saturated carbocycles. The van der Waals surface area contributed by atoms with E-state index in [0.29, 0.717) is 27.8 Å². The van der Waals surface area contributed by atoms with Gasteiger partial charge in [-0.3, -0.25) is 25.0 Å². The minimum absolute atomic E-state index is 0.0541. The largest absolute Gasteiger partial charge is 0.505 e. The molecule has 0 fully saturated rings. The zero-order valence-electron chi connectivity index (χ0n) is 56.7. The Morgan fingerprint density at radius 1 is 0.224 bits per heavy atom. The third-order valence-electron chi connectivity index (χ3n) is 16.1. The maximum atomic E-state index is 12.4.